The number of benzene rings is 5. The number of carboxylic acid groups (broad SMARTS) is 1. The molecule has 0 saturated carbocycles. The third-order valence-electron chi connectivity index (χ3n) is 11.0. The Morgan fingerprint density at radius 3 is 1.84 bits per heavy atom. The van der Waals surface area contributed by atoms with E-state index >= 15 is 0 Å². The minimum atomic E-state index is -1.90. The number of carbonyl (C=O) groups excluding carboxylic acids is 2. The lowest BCUT2D eigenvalue weighted by Crippen LogP contribution is -2.35. The second kappa shape index (κ2) is 19.5. The minimum absolute atomic E-state index is 0.0364. The maximum absolute atomic E-state index is 14.0. The third kappa shape index (κ3) is 9.27. The summed E-state index contributed by atoms with van der Waals surface area (Å²) in [6.07, 6.45) is 6.63. The number of hydrogen-bond donors (Lipinski definition) is 2. The summed E-state index contributed by atoms with van der Waals surface area (Å²) in [5, 5.41) is 25.3. The first-order valence-corrected chi connectivity index (χ1v) is 22.4. The molecule has 0 atom stereocenters. The molecule has 1 aliphatic rings. The highest BCUT2D eigenvalue weighted by Crippen LogP contribution is 2.56. The molecule has 58 heavy (non-hydrogen) atoms. The van der Waals surface area contributed by atoms with Crippen molar-refractivity contribution in [2.24, 2.45) is 0 Å². The zero-order chi connectivity index (χ0) is 40.2. The average Bonchev–Trinajstić information content (AvgIpc) is 3.67. The molecule has 2 heterocycles. The van der Waals surface area contributed by atoms with Crippen molar-refractivity contribution in [2.75, 3.05) is 17.6 Å². The zero-order valence-corrected chi connectivity index (χ0v) is 33.8. The van der Waals surface area contributed by atoms with Crippen LogP contribution in [0.25, 0.3) is 22.5 Å². The lowest BCUT2D eigenvalue weighted by Gasteiger charge is -2.28. The van der Waals surface area contributed by atoms with E-state index in [4.69, 9.17) is 5.11 Å². The van der Waals surface area contributed by atoms with Crippen molar-refractivity contribution in [3.63, 3.8) is 0 Å². The van der Waals surface area contributed by atoms with Crippen LogP contribution in [0.2, 0.25) is 0 Å². The standard InChI is InChI=1S/C48H50N5O4P/c54-44(30-12-5-19-35-58(38-21-6-1-7-22-38,39-23-8-2-9-24-39)40-25-10-3-11-26-40)49-33-32-45(55)52-36-37-20-14-15-27-41(37)48-47(42-28-16-17-29-43(42)52)50-51-53(48)34-18-4-13-31-46(56)57/h1-3,6-11,14-17,20-29H,4-5,12-13,18-19,30-36H2,(H-,49,54,56,57)/p+1. The van der Waals surface area contributed by atoms with Gasteiger partial charge in [0.1, 0.15) is 28.9 Å². The molecular formula is C48H51N5O4P+. The van der Waals surface area contributed by atoms with Gasteiger partial charge in [0.15, 0.2) is 0 Å². The van der Waals surface area contributed by atoms with Crippen molar-refractivity contribution < 1.29 is 19.5 Å². The highest BCUT2D eigenvalue weighted by Gasteiger charge is 2.44. The van der Waals surface area contributed by atoms with Crippen LogP contribution in [0.4, 0.5) is 5.69 Å². The number of nitrogens with one attached hydrogen (secondary N) is 1. The molecule has 0 radical (unpaired) electrons. The van der Waals surface area contributed by atoms with Gasteiger partial charge in [-0.3, -0.25) is 14.4 Å². The quantitative estimate of drug-likeness (QED) is 0.0671. The van der Waals surface area contributed by atoms with E-state index in [0.29, 0.717) is 31.6 Å². The van der Waals surface area contributed by atoms with Crippen molar-refractivity contribution >= 4 is 46.6 Å². The van der Waals surface area contributed by atoms with Crippen LogP contribution < -0.4 is 26.1 Å². The largest absolute Gasteiger partial charge is 0.481 e. The molecule has 1 aromatic heterocycles. The molecular weight excluding hydrogens is 742 g/mol. The van der Waals surface area contributed by atoms with Gasteiger partial charge in [0.05, 0.1) is 24.1 Å². The molecule has 0 fully saturated rings. The molecule has 9 nitrogen and oxygen atoms in total. The molecule has 1 aliphatic heterocycles. The molecule has 296 valence electrons. The Balaban J connectivity index is 0.970. The van der Waals surface area contributed by atoms with Gasteiger partial charge in [-0.2, -0.15) is 0 Å². The van der Waals surface area contributed by atoms with Gasteiger partial charge in [-0.15, -0.1) is 5.10 Å². The Kier molecular flexibility index (Phi) is 13.5. The molecule has 0 bridgehead atoms. The Bertz CT molecular complexity index is 2200. The fourth-order valence-electron chi connectivity index (χ4n) is 8.13. The van der Waals surface area contributed by atoms with E-state index in [1.165, 1.54) is 15.9 Å². The normalized spacial score (nSPS) is 12.1. The highest BCUT2D eigenvalue weighted by molar-refractivity contribution is 7.95. The second-order valence-corrected chi connectivity index (χ2v) is 18.4. The van der Waals surface area contributed by atoms with Crippen LogP contribution in [0.1, 0.15) is 63.4 Å². The zero-order valence-electron chi connectivity index (χ0n) is 32.9. The maximum Gasteiger partial charge on any atom is 0.303 e. The van der Waals surface area contributed by atoms with Crippen LogP contribution >= 0.6 is 7.26 Å². The Morgan fingerprint density at radius 1 is 0.621 bits per heavy atom. The number of aryl methyl sites for hydroxylation is 1. The molecule has 0 saturated heterocycles. The van der Waals surface area contributed by atoms with Gasteiger partial charge in [-0.25, -0.2) is 4.68 Å². The summed E-state index contributed by atoms with van der Waals surface area (Å²) >= 11 is 0. The van der Waals surface area contributed by atoms with E-state index in [-0.39, 0.29) is 31.2 Å². The van der Waals surface area contributed by atoms with E-state index in [0.717, 1.165) is 66.3 Å². The van der Waals surface area contributed by atoms with Gasteiger partial charge < -0.3 is 15.3 Å². The first-order valence-electron chi connectivity index (χ1n) is 20.4. The van der Waals surface area contributed by atoms with Gasteiger partial charge >= 0.3 is 5.97 Å². The second-order valence-electron chi connectivity index (χ2n) is 14.8. The number of fused-ring (bicyclic) bond motifs is 5. The van der Waals surface area contributed by atoms with Gasteiger partial charge in [0.2, 0.25) is 11.8 Å². The van der Waals surface area contributed by atoms with Crippen molar-refractivity contribution in [3.05, 3.63) is 145 Å². The Morgan fingerprint density at radius 2 is 1.19 bits per heavy atom. The summed E-state index contributed by atoms with van der Waals surface area (Å²) in [6.45, 7) is 1.23. The maximum atomic E-state index is 14.0. The van der Waals surface area contributed by atoms with Crippen LogP contribution in [0.3, 0.4) is 0 Å². The number of hydrogen-bond acceptors (Lipinski definition) is 5. The molecule has 10 heteroatoms. The minimum Gasteiger partial charge on any atom is -0.481 e. The fourth-order valence-corrected chi connectivity index (χ4v) is 12.5. The SMILES string of the molecule is O=C(O)CCCCCn1nnc2c1-c1ccccc1CN(C(=O)CCNC(=O)CCCCC[P+](c1ccccc1)(c1ccccc1)c1ccccc1)c1ccccc1-2. The number of carboxylic acids is 1. The molecule has 2 amide bonds. The summed E-state index contributed by atoms with van der Waals surface area (Å²) < 4.78 is 1.91. The van der Waals surface area contributed by atoms with Crippen molar-refractivity contribution in [3.8, 4) is 22.5 Å². The van der Waals surface area contributed by atoms with Gasteiger partial charge in [-0.05, 0) is 80.1 Å². The van der Waals surface area contributed by atoms with E-state index in [9.17, 15) is 14.4 Å². The van der Waals surface area contributed by atoms with Crippen LogP contribution in [0, 0.1) is 0 Å². The molecule has 2 N–H and O–H groups in total. The van der Waals surface area contributed by atoms with Crippen molar-refractivity contribution in [2.45, 2.75) is 70.9 Å². The van der Waals surface area contributed by atoms with Gasteiger partial charge in [-0.1, -0.05) is 109 Å². The number of nitrogens with zero attached hydrogens (tertiary/aromatic N) is 4. The predicted molar refractivity (Wildman–Crippen MR) is 234 cm³/mol. The van der Waals surface area contributed by atoms with E-state index in [2.05, 4.69) is 107 Å². The van der Waals surface area contributed by atoms with Gasteiger partial charge in [0, 0.05) is 43.5 Å². The predicted octanol–water partition coefficient (Wildman–Crippen LogP) is 8.16. The number of carbonyl (C=O) groups is 3. The lowest BCUT2D eigenvalue weighted by atomic mass is 9.95. The van der Waals surface area contributed by atoms with Crippen LogP contribution in [-0.2, 0) is 27.5 Å². The summed E-state index contributed by atoms with van der Waals surface area (Å²) in [5.41, 5.74) is 5.11. The first-order chi connectivity index (χ1) is 28.5. The number of unbranched alkanes of at least 4 members (excludes halogenated alkanes) is 4. The molecule has 5 aromatic carbocycles. The summed E-state index contributed by atoms with van der Waals surface area (Å²) in [5.74, 6) is -0.903. The Labute approximate surface area is 341 Å². The molecule has 0 spiro atoms. The smallest absolute Gasteiger partial charge is 0.303 e. The molecule has 0 unspecified atom stereocenters. The van der Waals surface area contributed by atoms with Crippen LogP contribution in [0.5, 0.6) is 0 Å². The first kappa shape index (κ1) is 40.3. The van der Waals surface area contributed by atoms with Crippen LogP contribution in [-0.4, -0.2) is 50.6 Å². The number of rotatable bonds is 18. The third-order valence-corrected chi connectivity index (χ3v) is 15.5. The highest BCUT2D eigenvalue weighted by atomic mass is 31.2. The Hall–Kier alpha value is -5.92. The number of anilines is 1. The van der Waals surface area contributed by atoms with Crippen molar-refractivity contribution in [1.82, 2.24) is 20.3 Å². The number of amides is 2. The van der Waals surface area contributed by atoms with Crippen LogP contribution in [0.15, 0.2) is 140 Å². The molecule has 6 aromatic rings. The lowest BCUT2D eigenvalue weighted by molar-refractivity contribution is -0.137. The summed E-state index contributed by atoms with van der Waals surface area (Å²) in [6, 6.07) is 48.5. The molecule has 7 rings (SSSR count). The number of para-hydroxylation sites is 1. The topological polar surface area (TPSA) is 117 Å². The average molecular weight is 793 g/mol. The van der Waals surface area contributed by atoms with E-state index < -0.39 is 13.2 Å². The summed E-state index contributed by atoms with van der Waals surface area (Å²) in [4.78, 5) is 39.9. The molecule has 0 aliphatic carbocycles. The monoisotopic (exact) mass is 792 g/mol. The number of aliphatic carboxylic acids is 1. The van der Waals surface area contributed by atoms with E-state index in [1.807, 2.05) is 53.2 Å². The summed E-state index contributed by atoms with van der Waals surface area (Å²) in [7, 11) is -1.90. The van der Waals surface area contributed by atoms with Gasteiger partial charge in [0.25, 0.3) is 0 Å². The van der Waals surface area contributed by atoms with E-state index in [1.54, 1.807) is 4.90 Å². The van der Waals surface area contributed by atoms with Crippen molar-refractivity contribution in [1.29, 1.82) is 0 Å². The number of aromatic nitrogens is 3. The fraction of sp³-hybridized carbons (Fsp3) is 0.271.